The van der Waals surface area contributed by atoms with E-state index in [4.69, 9.17) is 0 Å². The molecule has 26 heavy (non-hydrogen) atoms. The van der Waals surface area contributed by atoms with Gasteiger partial charge in [-0.1, -0.05) is 42.5 Å². The van der Waals surface area contributed by atoms with Crippen molar-refractivity contribution in [3.8, 4) is 0 Å². The van der Waals surface area contributed by atoms with E-state index in [-0.39, 0.29) is 5.91 Å². The number of hydrazone groups is 1. The summed E-state index contributed by atoms with van der Waals surface area (Å²) in [5.41, 5.74) is 0.885. The molecular weight excluding hydrogens is 332 g/mol. The van der Waals surface area contributed by atoms with Crippen LogP contribution in [0.3, 0.4) is 0 Å². The van der Waals surface area contributed by atoms with Gasteiger partial charge >= 0.3 is 6.03 Å². The first-order valence-electron chi connectivity index (χ1n) is 8.04. The zero-order chi connectivity index (χ0) is 18.7. The molecule has 0 bridgehead atoms. The molecular formula is C19H18N4O3. The second-order valence-corrected chi connectivity index (χ2v) is 6.09. The summed E-state index contributed by atoms with van der Waals surface area (Å²) in [7, 11) is 0. The van der Waals surface area contributed by atoms with Crippen molar-refractivity contribution in [1.29, 1.82) is 0 Å². The van der Waals surface area contributed by atoms with Crippen LogP contribution in [-0.4, -0.2) is 29.1 Å². The van der Waals surface area contributed by atoms with E-state index in [1.807, 2.05) is 18.2 Å². The molecule has 1 aliphatic heterocycles. The van der Waals surface area contributed by atoms with Gasteiger partial charge < -0.3 is 10.6 Å². The van der Waals surface area contributed by atoms with Crippen LogP contribution in [0.15, 0.2) is 59.7 Å². The Kier molecular flexibility index (Phi) is 4.53. The summed E-state index contributed by atoms with van der Waals surface area (Å²) in [6, 6.07) is 15.3. The third-order valence-corrected chi connectivity index (χ3v) is 4.07. The Bertz CT molecular complexity index is 877. The van der Waals surface area contributed by atoms with Crippen LogP contribution >= 0.6 is 0 Å². The maximum absolute atomic E-state index is 12.7. The van der Waals surface area contributed by atoms with Crippen molar-refractivity contribution in [3.05, 3.63) is 65.7 Å². The van der Waals surface area contributed by atoms with Crippen molar-refractivity contribution in [2.45, 2.75) is 19.4 Å². The van der Waals surface area contributed by atoms with E-state index in [9.17, 15) is 14.4 Å². The van der Waals surface area contributed by atoms with E-state index in [1.54, 1.807) is 43.3 Å². The maximum Gasteiger partial charge on any atom is 0.346 e. The lowest BCUT2D eigenvalue weighted by molar-refractivity contribution is -0.131. The van der Waals surface area contributed by atoms with Crippen LogP contribution in [0.2, 0.25) is 0 Å². The Morgan fingerprint density at radius 1 is 1.12 bits per heavy atom. The normalized spacial score (nSPS) is 19.7. The number of rotatable bonds is 4. The van der Waals surface area contributed by atoms with Crippen LogP contribution in [-0.2, 0) is 15.1 Å². The molecule has 4 amide bonds. The molecule has 0 radical (unpaired) electrons. The second kappa shape index (κ2) is 6.79. The number of nitrogens with zero attached hydrogens (tertiary/aromatic N) is 2. The fraction of sp³-hybridized carbons (Fsp3) is 0.158. The monoisotopic (exact) mass is 350 g/mol. The van der Waals surface area contributed by atoms with Crippen LogP contribution < -0.4 is 10.6 Å². The molecule has 3 rings (SSSR count). The van der Waals surface area contributed by atoms with E-state index < -0.39 is 17.5 Å². The van der Waals surface area contributed by atoms with Crippen LogP contribution in [0.5, 0.6) is 0 Å². The van der Waals surface area contributed by atoms with Gasteiger partial charge in [0.05, 0.1) is 6.21 Å². The molecule has 2 aromatic carbocycles. The highest BCUT2D eigenvalue weighted by Crippen LogP contribution is 2.28. The molecule has 0 aliphatic carbocycles. The molecule has 0 spiro atoms. The number of carbonyl (C=O) groups is 3. The van der Waals surface area contributed by atoms with E-state index in [0.717, 1.165) is 5.01 Å². The fourth-order valence-corrected chi connectivity index (χ4v) is 2.68. The molecule has 0 saturated carbocycles. The lowest BCUT2D eigenvalue weighted by Gasteiger charge is -2.20. The summed E-state index contributed by atoms with van der Waals surface area (Å²) in [6.07, 6.45) is 1.42. The summed E-state index contributed by atoms with van der Waals surface area (Å²) in [5, 5.41) is 10.2. The van der Waals surface area contributed by atoms with Crippen LogP contribution in [0.4, 0.5) is 10.5 Å². The topological polar surface area (TPSA) is 90.9 Å². The number of amides is 4. The Labute approximate surface area is 150 Å². The number of hydrogen-bond donors (Lipinski definition) is 2. The van der Waals surface area contributed by atoms with Crippen LogP contribution in [0, 0.1) is 0 Å². The first-order chi connectivity index (χ1) is 12.4. The van der Waals surface area contributed by atoms with Crippen LogP contribution in [0.25, 0.3) is 0 Å². The first kappa shape index (κ1) is 17.3. The summed E-state index contributed by atoms with van der Waals surface area (Å²) in [5.74, 6) is -0.606. The largest absolute Gasteiger partial charge is 0.346 e. The predicted octanol–water partition coefficient (Wildman–Crippen LogP) is 2.45. The molecule has 1 fully saturated rings. The molecule has 1 saturated heterocycles. The van der Waals surface area contributed by atoms with Crippen molar-refractivity contribution < 1.29 is 14.4 Å². The average molecular weight is 350 g/mol. The smallest absolute Gasteiger partial charge is 0.326 e. The van der Waals surface area contributed by atoms with Gasteiger partial charge in [-0.15, -0.1) is 5.01 Å². The minimum atomic E-state index is -1.15. The van der Waals surface area contributed by atoms with Crippen molar-refractivity contribution in [2.24, 2.45) is 5.10 Å². The quantitative estimate of drug-likeness (QED) is 0.655. The second-order valence-electron chi connectivity index (χ2n) is 6.09. The van der Waals surface area contributed by atoms with Crippen molar-refractivity contribution in [3.63, 3.8) is 0 Å². The number of urea groups is 1. The Morgan fingerprint density at radius 2 is 1.77 bits per heavy atom. The van der Waals surface area contributed by atoms with E-state index in [1.165, 1.54) is 13.1 Å². The molecule has 1 heterocycles. The van der Waals surface area contributed by atoms with E-state index >= 15 is 0 Å². The molecule has 132 valence electrons. The maximum atomic E-state index is 12.7. The molecule has 7 nitrogen and oxygen atoms in total. The highest BCUT2D eigenvalue weighted by Gasteiger charge is 2.49. The van der Waals surface area contributed by atoms with Gasteiger partial charge in [0.2, 0.25) is 5.91 Å². The lowest BCUT2D eigenvalue weighted by atomic mass is 9.92. The fourth-order valence-electron chi connectivity index (χ4n) is 2.68. The van der Waals surface area contributed by atoms with Crippen molar-refractivity contribution >= 4 is 29.7 Å². The van der Waals surface area contributed by atoms with E-state index in [2.05, 4.69) is 15.7 Å². The molecule has 2 aromatic rings. The van der Waals surface area contributed by atoms with Gasteiger partial charge in [0.25, 0.3) is 5.91 Å². The van der Waals surface area contributed by atoms with Gasteiger partial charge in [-0.05, 0) is 30.2 Å². The highest BCUT2D eigenvalue weighted by atomic mass is 16.2. The molecule has 2 N–H and O–H groups in total. The lowest BCUT2D eigenvalue weighted by Crippen LogP contribution is -2.40. The van der Waals surface area contributed by atoms with Gasteiger partial charge in [-0.3, -0.25) is 9.59 Å². The van der Waals surface area contributed by atoms with Gasteiger partial charge in [-0.25, -0.2) is 4.79 Å². The summed E-state index contributed by atoms with van der Waals surface area (Å²) in [4.78, 5) is 35.9. The Morgan fingerprint density at radius 3 is 2.38 bits per heavy atom. The number of hydrogen-bond acceptors (Lipinski definition) is 4. The molecule has 0 aromatic heterocycles. The zero-order valence-electron chi connectivity index (χ0n) is 14.4. The number of nitrogens with one attached hydrogen (secondary N) is 2. The van der Waals surface area contributed by atoms with E-state index in [0.29, 0.717) is 16.8 Å². The number of carbonyl (C=O) groups excluding carboxylic acids is 3. The van der Waals surface area contributed by atoms with Crippen molar-refractivity contribution in [1.82, 2.24) is 10.3 Å². The minimum Gasteiger partial charge on any atom is -0.326 e. The third-order valence-electron chi connectivity index (χ3n) is 4.07. The zero-order valence-corrected chi connectivity index (χ0v) is 14.4. The molecule has 1 aliphatic rings. The van der Waals surface area contributed by atoms with Gasteiger partial charge in [-0.2, -0.15) is 5.10 Å². The number of anilines is 1. The van der Waals surface area contributed by atoms with Crippen molar-refractivity contribution in [2.75, 3.05) is 5.32 Å². The molecule has 7 heteroatoms. The summed E-state index contributed by atoms with van der Waals surface area (Å²) < 4.78 is 0. The Hall–Kier alpha value is -3.48. The summed E-state index contributed by atoms with van der Waals surface area (Å²) in [6.45, 7) is 3.08. The predicted molar refractivity (Wildman–Crippen MR) is 97.5 cm³/mol. The van der Waals surface area contributed by atoms with Crippen LogP contribution in [0.1, 0.15) is 25.0 Å². The SMILES string of the molecule is CC(=O)Nc1ccc(/C=N\N2C(=O)N[C@@](C)(c3ccccc3)C2=O)cc1. The Balaban J connectivity index is 1.77. The number of benzene rings is 2. The first-order valence-corrected chi connectivity index (χ1v) is 8.04. The average Bonchev–Trinajstić information content (AvgIpc) is 2.85. The molecule has 1 atom stereocenters. The summed E-state index contributed by atoms with van der Waals surface area (Å²) >= 11 is 0. The van der Waals surface area contributed by atoms with Gasteiger partial charge in [0.15, 0.2) is 0 Å². The highest BCUT2D eigenvalue weighted by molar-refractivity contribution is 6.07. The minimum absolute atomic E-state index is 0.161. The molecule has 0 unspecified atom stereocenters. The van der Waals surface area contributed by atoms with Gasteiger partial charge in [0, 0.05) is 12.6 Å². The standard InChI is InChI=1S/C19H18N4O3/c1-13(24)21-16-10-8-14(9-11-16)12-20-23-17(25)19(2,22-18(23)26)15-6-4-3-5-7-15/h3-12H,1-2H3,(H,21,24)(H,22,26)/b20-12-/t19-/m0/s1. The number of imide groups is 1. The van der Waals surface area contributed by atoms with Gasteiger partial charge in [0.1, 0.15) is 5.54 Å². The third kappa shape index (κ3) is 3.32.